The molecule has 0 saturated heterocycles. The Labute approximate surface area is 124 Å². The van der Waals surface area contributed by atoms with Crippen LogP contribution in [0.5, 0.6) is 0 Å². The van der Waals surface area contributed by atoms with Crippen LogP contribution in [0.4, 0.5) is 10.1 Å². The number of hydrogen-bond acceptors (Lipinski definition) is 5. The number of halogens is 1. The molecule has 6 heteroatoms. The number of rotatable bonds is 4. The number of nitrogen functional groups attached to an aromatic ring is 1. The summed E-state index contributed by atoms with van der Waals surface area (Å²) in [7, 11) is 1.55. The smallest absolute Gasteiger partial charge is 0.383 e. The molecular formula is C15H22FN3O2. The molecule has 0 amide bonds. The molecule has 0 radical (unpaired) electrons. The van der Waals surface area contributed by atoms with Crippen molar-refractivity contribution in [2.45, 2.75) is 12.8 Å². The van der Waals surface area contributed by atoms with Crippen LogP contribution in [0, 0.1) is 5.82 Å². The predicted octanol–water partition coefficient (Wildman–Crippen LogP) is 1.68. The minimum absolute atomic E-state index is 0.216. The van der Waals surface area contributed by atoms with Gasteiger partial charge in [0.15, 0.2) is 0 Å². The molecule has 1 aliphatic heterocycles. The number of hydrogen-bond donors (Lipinski definition) is 1. The summed E-state index contributed by atoms with van der Waals surface area (Å²) < 4.78 is 24.1. The molecule has 1 heterocycles. The van der Waals surface area contributed by atoms with E-state index in [2.05, 4.69) is 9.89 Å². The van der Waals surface area contributed by atoms with Gasteiger partial charge in [0.25, 0.3) is 0 Å². The highest BCUT2D eigenvalue weighted by Crippen LogP contribution is 2.16. The third-order valence-electron chi connectivity index (χ3n) is 3.49. The highest BCUT2D eigenvalue weighted by atomic mass is 19.1. The Morgan fingerprint density at radius 1 is 1.43 bits per heavy atom. The van der Waals surface area contributed by atoms with Gasteiger partial charge in [-0.1, -0.05) is 12.1 Å². The molecule has 21 heavy (non-hydrogen) atoms. The Bertz CT molecular complexity index is 494. The van der Waals surface area contributed by atoms with Crippen molar-refractivity contribution in [2.24, 2.45) is 4.99 Å². The van der Waals surface area contributed by atoms with Crippen molar-refractivity contribution in [3.63, 3.8) is 0 Å². The monoisotopic (exact) mass is 295 g/mol. The normalized spacial score (nSPS) is 19.0. The molecule has 0 saturated carbocycles. The van der Waals surface area contributed by atoms with Gasteiger partial charge in [0.1, 0.15) is 12.4 Å². The molecule has 0 unspecified atom stereocenters. The summed E-state index contributed by atoms with van der Waals surface area (Å²) in [6.45, 7) is 3.77. The summed E-state index contributed by atoms with van der Waals surface area (Å²) >= 11 is 0. The van der Waals surface area contributed by atoms with E-state index in [-0.39, 0.29) is 11.5 Å². The summed E-state index contributed by atoms with van der Waals surface area (Å²) in [5, 5.41) is 0. The molecule has 0 aromatic heterocycles. The first-order valence-corrected chi connectivity index (χ1v) is 7.17. The molecule has 0 fully saturated rings. The number of aryl methyl sites for hydroxylation is 1. The van der Waals surface area contributed by atoms with Gasteiger partial charge in [-0.2, -0.15) is 0 Å². The fraction of sp³-hybridized carbons (Fsp3) is 0.533. The van der Waals surface area contributed by atoms with E-state index >= 15 is 0 Å². The Morgan fingerprint density at radius 3 is 3.10 bits per heavy atom. The summed E-state index contributed by atoms with van der Waals surface area (Å²) in [6, 6.07) is 5.16. The Morgan fingerprint density at radius 2 is 2.29 bits per heavy atom. The number of anilines is 1. The molecule has 2 N–H and O–H groups in total. The fourth-order valence-corrected chi connectivity index (χ4v) is 2.34. The zero-order valence-electron chi connectivity index (χ0n) is 12.3. The summed E-state index contributed by atoms with van der Waals surface area (Å²) in [5.74, 6) is -0.289. The molecule has 1 aliphatic rings. The number of nitrogens with zero attached hydrogens (tertiary/aromatic N) is 2. The molecule has 0 bridgehead atoms. The van der Waals surface area contributed by atoms with E-state index in [0.717, 1.165) is 26.1 Å². The van der Waals surface area contributed by atoms with E-state index in [1.807, 2.05) is 0 Å². The Balaban J connectivity index is 1.78. The summed E-state index contributed by atoms with van der Waals surface area (Å²) in [6.07, 6.45) is 1.92. The number of benzene rings is 1. The lowest BCUT2D eigenvalue weighted by Crippen LogP contribution is -2.34. The zero-order valence-corrected chi connectivity index (χ0v) is 12.3. The maximum absolute atomic E-state index is 13.8. The van der Waals surface area contributed by atoms with Crippen molar-refractivity contribution in [1.82, 2.24) is 4.90 Å². The van der Waals surface area contributed by atoms with Crippen LogP contribution in [0.25, 0.3) is 0 Å². The zero-order chi connectivity index (χ0) is 15.1. The second kappa shape index (κ2) is 7.83. The third kappa shape index (κ3) is 4.60. The average Bonchev–Trinajstić information content (AvgIpc) is 2.45. The van der Waals surface area contributed by atoms with Crippen molar-refractivity contribution < 1.29 is 13.9 Å². The largest absolute Gasteiger partial charge is 0.454 e. The van der Waals surface area contributed by atoms with E-state index in [0.29, 0.717) is 31.2 Å². The van der Waals surface area contributed by atoms with Gasteiger partial charge in [-0.05, 0) is 31.0 Å². The van der Waals surface area contributed by atoms with E-state index < -0.39 is 0 Å². The lowest BCUT2D eigenvalue weighted by molar-refractivity contribution is 0.146. The first-order chi connectivity index (χ1) is 10.2. The fourth-order valence-electron chi connectivity index (χ4n) is 2.34. The summed E-state index contributed by atoms with van der Waals surface area (Å²) in [4.78, 5) is 6.46. The van der Waals surface area contributed by atoms with Crippen LogP contribution in [0.2, 0.25) is 0 Å². The number of methoxy groups -OCH3 is 1. The van der Waals surface area contributed by atoms with Crippen LogP contribution in [0.3, 0.4) is 0 Å². The van der Waals surface area contributed by atoms with Crippen LogP contribution < -0.4 is 5.73 Å². The van der Waals surface area contributed by atoms with Crippen molar-refractivity contribution in [1.29, 1.82) is 0 Å². The van der Waals surface area contributed by atoms with E-state index in [1.54, 1.807) is 25.3 Å². The van der Waals surface area contributed by atoms with E-state index in [1.165, 1.54) is 0 Å². The molecule has 116 valence electrons. The van der Waals surface area contributed by atoms with E-state index in [9.17, 15) is 4.39 Å². The number of ether oxygens (including phenoxy) is 2. The van der Waals surface area contributed by atoms with Crippen molar-refractivity contribution in [2.75, 3.05) is 45.6 Å². The average molecular weight is 295 g/mol. The van der Waals surface area contributed by atoms with Gasteiger partial charge in [0, 0.05) is 13.1 Å². The highest BCUT2D eigenvalue weighted by molar-refractivity contribution is 5.66. The molecule has 0 atom stereocenters. The van der Waals surface area contributed by atoms with Gasteiger partial charge in [-0.3, -0.25) is 4.90 Å². The van der Waals surface area contributed by atoms with Crippen LogP contribution in [0.15, 0.2) is 23.2 Å². The van der Waals surface area contributed by atoms with E-state index in [4.69, 9.17) is 15.2 Å². The molecule has 1 aromatic carbocycles. The maximum atomic E-state index is 13.8. The van der Waals surface area contributed by atoms with Gasteiger partial charge in [-0.25, -0.2) is 9.38 Å². The van der Waals surface area contributed by atoms with Crippen LogP contribution in [-0.4, -0.2) is 50.9 Å². The standard InChI is InChI=1S/C15H22FN3O2/c1-20-15-18-7-9-19(10-11-21-15)8-3-5-12-4-2-6-13(17)14(12)16/h2,4,6H,3,5,7-11,17H2,1H3/b18-15-. The minimum Gasteiger partial charge on any atom is -0.454 e. The van der Waals surface area contributed by atoms with Gasteiger partial charge in [-0.15, -0.1) is 0 Å². The molecular weight excluding hydrogens is 273 g/mol. The summed E-state index contributed by atoms with van der Waals surface area (Å²) in [5.41, 5.74) is 6.47. The van der Waals surface area contributed by atoms with Crippen molar-refractivity contribution in [3.05, 3.63) is 29.6 Å². The maximum Gasteiger partial charge on any atom is 0.383 e. The van der Waals surface area contributed by atoms with Crippen LogP contribution in [-0.2, 0) is 15.9 Å². The van der Waals surface area contributed by atoms with Crippen LogP contribution in [0.1, 0.15) is 12.0 Å². The first kappa shape index (κ1) is 15.6. The van der Waals surface area contributed by atoms with Gasteiger partial charge in [0.05, 0.1) is 19.3 Å². The second-order valence-corrected chi connectivity index (χ2v) is 4.97. The topological polar surface area (TPSA) is 60.1 Å². The minimum atomic E-state index is -0.289. The third-order valence-corrected chi connectivity index (χ3v) is 3.49. The number of nitrogens with two attached hydrogens (primary N) is 1. The highest BCUT2D eigenvalue weighted by Gasteiger charge is 2.11. The second-order valence-electron chi connectivity index (χ2n) is 4.97. The quantitative estimate of drug-likeness (QED) is 0.859. The molecule has 0 spiro atoms. The Kier molecular flexibility index (Phi) is 5.80. The van der Waals surface area contributed by atoms with Gasteiger partial charge < -0.3 is 15.2 Å². The van der Waals surface area contributed by atoms with Crippen LogP contribution >= 0.6 is 0 Å². The number of aliphatic imine (C=N–C) groups is 1. The predicted molar refractivity (Wildman–Crippen MR) is 80.8 cm³/mol. The lowest BCUT2D eigenvalue weighted by Gasteiger charge is -2.23. The lowest BCUT2D eigenvalue weighted by atomic mass is 10.1. The molecule has 1 aromatic rings. The SMILES string of the molecule is CO/C1=N/CCN(CCCc2cccc(N)c2F)CCO1. The molecule has 0 aliphatic carbocycles. The van der Waals surface area contributed by atoms with Crippen molar-refractivity contribution in [3.8, 4) is 0 Å². The van der Waals surface area contributed by atoms with Gasteiger partial charge >= 0.3 is 6.08 Å². The first-order valence-electron chi connectivity index (χ1n) is 7.17. The molecule has 5 nitrogen and oxygen atoms in total. The molecule has 2 rings (SSSR count). The van der Waals surface area contributed by atoms with Gasteiger partial charge in [0.2, 0.25) is 0 Å². The Hall–Kier alpha value is -1.82. The van der Waals surface area contributed by atoms with Crippen molar-refractivity contribution >= 4 is 11.8 Å².